The van der Waals surface area contributed by atoms with Crippen LogP contribution in [0.15, 0.2) is 54.6 Å². The monoisotopic (exact) mass is 409 g/mol. The average molecular weight is 409 g/mol. The molecule has 1 aliphatic heterocycles. The highest BCUT2D eigenvalue weighted by Gasteiger charge is 2.25. The van der Waals surface area contributed by atoms with Crippen molar-refractivity contribution in [1.82, 2.24) is 0 Å². The van der Waals surface area contributed by atoms with Gasteiger partial charge in [-0.15, -0.1) is 11.3 Å². The molecule has 2 heterocycles. The Hall–Kier alpha value is -3.32. The third-order valence-corrected chi connectivity index (χ3v) is 5.73. The fourth-order valence-corrected chi connectivity index (χ4v) is 4.07. The second kappa shape index (κ2) is 7.97. The molecule has 3 aromatic rings. The van der Waals surface area contributed by atoms with Crippen LogP contribution in [0, 0.1) is 0 Å². The Morgan fingerprint density at radius 3 is 2.66 bits per heavy atom. The van der Waals surface area contributed by atoms with Crippen molar-refractivity contribution in [3.05, 3.63) is 65.0 Å². The van der Waals surface area contributed by atoms with E-state index < -0.39 is 18.0 Å². The molecular formula is C22H19NO5S. The van der Waals surface area contributed by atoms with Crippen molar-refractivity contribution < 1.29 is 23.8 Å². The van der Waals surface area contributed by atoms with E-state index in [4.69, 9.17) is 14.2 Å². The number of thiophene rings is 1. The molecule has 1 atom stereocenters. The van der Waals surface area contributed by atoms with Crippen molar-refractivity contribution in [1.29, 1.82) is 0 Å². The van der Waals surface area contributed by atoms with Crippen LogP contribution in [0.2, 0.25) is 0 Å². The highest BCUT2D eigenvalue weighted by Crippen LogP contribution is 2.42. The zero-order chi connectivity index (χ0) is 20.4. The SMILES string of the molecule is COc1ccc(NC(=O)[C@H](C)OC(=O)c2cc3c(s2)-c2ccccc2OC3)cc1. The number of carbonyl (C=O) groups is 2. The quantitative estimate of drug-likeness (QED) is 0.628. The largest absolute Gasteiger partial charge is 0.497 e. The van der Waals surface area contributed by atoms with Gasteiger partial charge in [-0.3, -0.25) is 4.79 Å². The van der Waals surface area contributed by atoms with E-state index in [0.717, 1.165) is 21.8 Å². The summed E-state index contributed by atoms with van der Waals surface area (Å²) in [5, 5.41) is 2.72. The molecule has 4 rings (SSSR count). The fraction of sp³-hybridized carbons (Fsp3) is 0.182. The number of methoxy groups -OCH3 is 1. The van der Waals surface area contributed by atoms with Gasteiger partial charge in [0.25, 0.3) is 5.91 Å². The molecule has 0 fully saturated rings. The number of fused-ring (bicyclic) bond motifs is 3. The molecule has 0 radical (unpaired) electrons. The third-order valence-electron chi connectivity index (χ3n) is 4.54. The number of amides is 1. The van der Waals surface area contributed by atoms with Gasteiger partial charge >= 0.3 is 5.97 Å². The first kappa shape index (κ1) is 19.0. The van der Waals surface area contributed by atoms with E-state index in [1.165, 1.54) is 11.3 Å². The maximum Gasteiger partial charge on any atom is 0.349 e. The van der Waals surface area contributed by atoms with Gasteiger partial charge in [-0.25, -0.2) is 4.79 Å². The Morgan fingerprint density at radius 2 is 1.90 bits per heavy atom. The first-order valence-corrected chi connectivity index (χ1v) is 9.87. The van der Waals surface area contributed by atoms with E-state index in [2.05, 4.69) is 5.32 Å². The van der Waals surface area contributed by atoms with Gasteiger partial charge in [-0.05, 0) is 49.4 Å². The molecule has 6 nitrogen and oxygen atoms in total. The van der Waals surface area contributed by atoms with Crippen molar-refractivity contribution >= 4 is 28.9 Å². The van der Waals surface area contributed by atoms with Gasteiger partial charge in [0.15, 0.2) is 6.10 Å². The van der Waals surface area contributed by atoms with Gasteiger partial charge in [0.1, 0.15) is 23.0 Å². The Morgan fingerprint density at radius 1 is 1.14 bits per heavy atom. The predicted molar refractivity (Wildman–Crippen MR) is 111 cm³/mol. The summed E-state index contributed by atoms with van der Waals surface area (Å²) in [5.41, 5.74) is 2.50. The van der Waals surface area contributed by atoms with Gasteiger partial charge in [0.2, 0.25) is 0 Å². The van der Waals surface area contributed by atoms with Crippen molar-refractivity contribution in [2.24, 2.45) is 0 Å². The molecule has 0 unspecified atom stereocenters. The molecule has 1 aliphatic rings. The van der Waals surface area contributed by atoms with Gasteiger partial charge < -0.3 is 19.5 Å². The zero-order valence-corrected chi connectivity index (χ0v) is 16.7. The van der Waals surface area contributed by atoms with Crippen LogP contribution in [0.5, 0.6) is 11.5 Å². The maximum absolute atomic E-state index is 12.6. The zero-order valence-electron chi connectivity index (χ0n) is 15.9. The molecule has 2 aromatic carbocycles. The first-order chi connectivity index (χ1) is 14.0. The lowest BCUT2D eigenvalue weighted by atomic mass is 10.1. The number of carbonyl (C=O) groups excluding carboxylic acids is 2. The Balaban J connectivity index is 1.43. The molecule has 0 aliphatic carbocycles. The van der Waals surface area contributed by atoms with Gasteiger partial charge in [-0.1, -0.05) is 12.1 Å². The summed E-state index contributed by atoms with van der Waals surface area (Å²) in [6.45, 7) is 1.95. The van der Waals surface area contributed by atoms with Crippen molar-refractivity contribution in [2.75, 3.05) is 12.4 Å². The van der Waals surface area contributed by atoms with Crippen molar-refractivity contribution in [3.63, 3.8) is 0 Å². The lowest BCUT2D eigenvalue weighted by molar-refractivity contribution is -0.123. The normalized spacial score (nSPS) is 12.8. The van der Waals surface area contributed by atoms with Crippen LogP contribution in [0.25, 0.3) is 10.4 Å². The highest BCUT2D eigenvalue weighted by atomic mass is 32.1. The molecular weight excluding hydrogens is 390 g/mol. The van der Waals surface area contributed by atoms with E-state index in [0.29, 0.717) is 22.9 Å². The number of esters is 1. The molecule has 29 heavy (non-hydrogen) atoms. The van der Waals surface area contributed by atoms with Crippen LogP contribution >= 0.6 is 11.3 Å². The Kier molecular flexibility index (Phi) is 5.22. The van der Waals surface area contributed by atoms with E-state index in [9.17, 15) is 9.59 Å². The number of hydrogen-bond donors (Lipinski definition) is 1. The lowest BCUT2D eigenvalue weighted by Crippen LogP contribution is -2.29. The van der Waals surface area contributed by atoms with Crippen LogP contribution in [0.4, 0.5) is 5.69 Å². The molecule has 148 valence electrons. The number of rotatable bonds is 5. The maximum atomic E-state index is 12.6. The first-order valence-electron chi connectivity index (χ1n) is 9.06. The van der Waals surface area contributed by atoms with E-state index in [1.54, 1.807) is 44.4 Å². The predicted octanol–water partition coefficient (Wildman–Crippen LogP) is 4.50. The summed E-state index contributed by atoms with van der Waals surface area (Å²) in [4.78, 5) is 26.4. The van der Waals surface area contributed by atoms with E-state index in [-0.39, 0.29) is 0 Å². The summed E-state index contributed by atoms with van der Waals surface area (Å²) >= 11 is 1.35. The van der Waals surface area contributed by atoms with Gasteiger partial charge in [0.05, 0.1) is 7.11 Å². The number of para-hydroxylation sites is 1. The minimum atomic E-state index is -0.938. The molecule has 0 saturated carbocycles. The van der Waals surface area contributed by atoms with Crippen molar-refractivity contribution in [2.45, 2.75) is 19.6 Å². The van der Waals surface area contributed by atoms with E-state index >= 15 is 0 Å². The molecule has 0 bridgehead atoms. The number of benzene rings is 2. The lowest BCUT2D eigenvalue weighted by Gasteiger charge is -2.16. The number of hydrogen-bond acceptors (Lipinski definition) is 6. The molecule has 1 amide bonds. The summed E-state index contributed by atoms with van der Waals surface area (Å²) < 4.78 is 16.2. The van der Waals surface area contributed by atoms with Gasteiger partial charge in [0, 0.05) is 21.7 Å². The number of ether oxygens (including phenoxy) is 3. The second-order valence-electron chi connectivity index (χ2n) is 6.52. The summed E-state index contributed by atoms with van der Waals surface area (Å²) in [6, 6.07) is 16.4. The summed E-state index contributed by atoms with van der Waals surface area (Å²) in [7, 11) is 1.57. The van der Waals surface area contributed by atoms with Crippen LogP contribution in [-0.4, -0.2) is 25.1 Å². The standard InChI is InChI=1S/C22H19NO5S/c1-13(21(24)23-15-7-9-16(26-2)10-8-15)28-22(25)19-11-14-12-27-18-6-4-3-5-17(18)20(14)29-19/h3-11,13H,12H2,1-2H3,(H,23,24)/t13-/m0/s1. The van der Waals surface area contributed by atoms with Crippen LogP contribution in [-0.2, 0) is 16.1 Å². The van der Waals surface area contributed by atoms with Crippen LogP contribution in [0.3, 0.4) is 0 Å². The van der Waals surface area contributed by atoms with E-state index in [1.807, 2.05) is 24.3 Å². The smallest absolute Gasteiger partial charge is 0.349 e. The topological polar surface area (TPSA) is 73.9 Å². The Labute approximate surface area is 172 Å². The average Bonchev–Trinajstić information content (AvgIpc) is 3.19. The summed E-state index contributed by atoms with van der Waals surface area (Å²) in [5.74, 6) is 0.557. The Bertz CT molecular complexity index is 1060. The minimum Gasteiger partial charge on any atom is -0.497 e. The highest BCUT2D eigenvalue weighted by molar-refractivity contribution is 7.17. The minimum absolute atomic E-state index is 0.404. The van der Waals surface area contributed by atoms with Crippen LogP contribution in [0.1, 0.15) is 22.2 Å². The fourth-order valence-electron chi connectivity index (χ4n) is 2.99. The molecule has 0 saturated heterocycles. The van der Waals surface area contributed by atoms with Crippen molar-refractivity contribution in [3.8, 4) is 21.9 Å². The molecule has 1 N–H and O–H groups in total. The van der Waals surface area contributed by atoms with Gasteiger partial charge in [-0.2, -0.15) is 0 Å². The molecule has 0 spiro atoms. The number of nitrogens with one attached hydrogen (secondary N) is 1. The third kappa shape index (κ3) is 3.95. The van der Waals surface area contributed by atoms with Crippen LogP contribution < -0.4 is 14.8 Å². The second-order valence-corrected chi connectivity index (χ2v) is 7.57. The molecule has 1 aromatic heterocycles. The summed E-state index contributed by atoms with van der Waals surface area (Å²) in [6.07, 6.45) is -0.938. The number of anilines is 1. The molecule has 7 heteroatoms.